The molecule has 2 N–H and O–H groups in total. The van der Waals surface area contributed by atoms with Crippen LogP contribution in [-0.2, 0) is 16.6 Å². The number of alkyl halides is 1. The first-order valence-electron chi connectivity index (χ1n) is 14.3. The molecule has 0 radical (unpaired) electrons. The highest BCUT2D eigenvalue weighted by Gasteiger charge is 2.52. The van der Waals surface area contributed by atoms with Crippen LogP contribution in [0.2, 0.25) is 5.02 Å². The lowest BCUT2D eigenvalue weighted by Gasteiger charge is -2.26. The number of hydrogen-bond acceptors (Lipinski definition) is 4. The van der Waals surface area contributed by atoms with Gasteiger partial charge in [-0.05, 0) is 80.6 Å². The minimum absolute atomic E-state index is 0.0286. The molecule has 1 saturated carbocycles. The van der Waals surface area contributed by atoms with Gasteiger partial charge in [-0.2, -0.15) is 0 Å². The minimum Gasteiger partial charge on any atom is -0.341 e. The van der Waals surface area contributed by atoms with Crippen LogP contribution in [0.3, 0.4) is 0 Å². The summed E-state index contributed by atoms with van der Waals surface area (Å²) in [4.78, 5) is 43.2. The summed E-state index contributed by atoms with van der Waals surface area (Å²) in [6.45, 7) is 7.56. The third kappa shape index (κ3) is 6.27. The second-order valence-corrected chi connectivity index (χ2v) is 12.0. The van der Waals surface area contributed by atoms with Gasteiger partial charge in [0, 0.05) is 47.5 Å². The van der Waals surface area contributed by atoms with Crippen molar-refractivity contribution in [3.8, 4) is 22.4 Å². The maximum absolute atomic E-state index is 14.7. The highest BCUT2D eigenvalue weighted by molar-refractivity contribution is 6.31. The van der Waals surface area contributed by atoms with Crippen LogP contribution in [0.1, 0.15) is 56.8 Å². The van der Waals surface area contributed by atoms with Crippen molar-refractivity contribution in [3.05, 3.63) is 93.8 Å². The number of pyridine rings is 1. The van der Waals surface area contributed by atoms with Gasteiger partial charge in [0.05, 0.1) is 17.7 Å². The first-order chi connectivity index (χ1) is 20.4. The fourth-order valence-electron chi connectivity index (χ4n) is 5.25. The molecule has 1 aliphatic rings. The first-order valence-corrected chi connectivity index (χ1v) is 14.7. The Balaban J connectivity index is 1.44. The molecular weight excluding hydrogens is 569 g/mol. The molecule has 2 aromatic carbocycles. The number of benzene rings is 2. The summed E-state index contributed by atoms with van der Waals surface area (Å²) in [6, 6.07) is 14.8. The third-order valence-electron chi connectivity index (χ3n) is 8.03. The number of nitrogens with one attached hydrogen (secondary N) is 2. The largest absolute Gasteiger partial charge is 0.341 e. The van der Waals surface area contributed by atoms with Gasteiger partial charge in [-0.25, -0.2) is 9.37 Å². The smallest absolute Gasteiger partial charge is 0.258 e. The number of aryl methyl sites for hydroxylation is 2. The van der Waals surface area contributed by atoms with Gasteiger partial charge in [0.15, 0.2) is 5.67 Å². The average molecular weight is 604 g/mol. The van der Waals surface area contributed by atoms with Crippen LogP contribution in [0.25, 0.3) is 22.4 Å². The molecule has 0 saturated heterocycles. The molecule has 43 heavy (non-hydrogen) atoms. The van der Waals surface area contributed by atoms with E-state index in [0.29, 0.717) is 16.3 Å². The van der Waals surface area contributed by atoms with E-state index in [4.69, 9.17) is 11.6 Å². The molecular formula is C33H35ClFN5O3. The van der Waals surface area contributed by atoms with E-state index in [1.807, 2.05) is 56.7 Å². The van der Waals surface area contributed by atoms with Gasteiger partial charge in [-0.15, -0.1) is 0 Å². The van der Waals surface area contributed by atoms with E-state index in [0.717, 1.165) is 28.1 Å². The van der Waals surface area contributed by atoms with Crippen LogP contribution >= 0.6 is 11.6 Å². The van der Waals surface area contributed by atoms with Crippen LogP contribution < -0.4 is 16.2 Å². The van der Waals surface area contributed by atoms with Crippen LogP contribution in [0.15, 0.2) is 71.9 Å². The van der Waals surface area contributed by atoms with E-state index in [9.17, 15) is 18.8 Å². The molecule has 0 spiro atoms. The monoisotopic (exact) mass is 603 g/mol. The van der Waals surface area contributed by atoms with E-state index in [-0.39, 0.29) is 24.4 Å². The van der Waals surface area contributed by atoms with Gasteiger partial charge in [0.2, 0.25) is 5.91 Å². The molecule has 1 aliphatic carbocycles. The molecule has 224 valence electrons. The van der Waals surface area contributed by atoms with Crippen LogP contribution in [0, 0.1) is 6.92 Å². The number of halogens is 2. The standard InChI is InChI=1S/C33H35ClFN5O3/c1-19(2)40-17-24(9-13-28(40)41)23-8-12-27(34)26(16-23)20(3)29(38-32(43)33(35)14-15-33)31(42)37-25-10-6-22(7-11-25)30-21(4)36-18-39(30)5/h6-13,16-20,29H,14-15H2,1-5H3,(H,37,42)(H,38,43)/t20?,29-/m0/s1. The van der Waals surface area contributed by atoms with Gasteiger partial charge in [-0.1, -0.05) is 36.7 Å². The number of amides is 2. The number of aromatic nitrogens is 3. The van der Waals surface area contributed by atoms with Crippen LogP contribution in [-0.4, -0.2) is 37.6 Å². The maximum Gasteiger partial charge on any atom is 0.258 e. The second-order valence-electron chi connectivity index (χ2n) is 11.6. The zero-order chi connectivity index (χ0) is 31.1. The number of hydrogen-bond donors (Lipinski definition) is 2. The van der Waals surface area contributed by atoms with Crippen molar-refractivity contribution in [2.45, 2.75) is 64.2 Å². The molecule has 1 unspecified atom stereocenters. The van der Waals surface area contributed by atoms with E-state index in [1.54, 1.807) is 48.3 Å². The zero-order valence-corrected chi connectivity index (χ0v) is 25.6. The molecule has 8 nitrogen and oxygen atoms in total. The summed E-state index contributed by atoms with van der Waals surface area (Å²) in [5.41, 5.74) is 3.44. The Morgan fingerprint density at radius 2 is 1.65 bits per heavy atom. The molecule has 4 aromatic rings. The first kappa shape index (κ1) is 30.2. The summed E-state index contributed by atoms with van der Waals surface area (Å²) >= 11 is 6.64. The van der Waals surface area contributed by atoms with E-state index >= 15 is 0 Å². The van der Waals surface area contributed by atoms with Gasteiger partial charge in [0.25, 0.3) is 11.5 Å². The summed E-state index contributed by atoms with van der Waals surface area (Å²) in [7, 11) is 1.91. The molecule has 2 atom stereocenters. The Kier molecular flexibility index (Phi) is 8.29. The topological polar surface area (TPSA) is 98.0 Å². The fourth-order valence-corrected chi connectivity index (χ4v) is 5.54. The highest BCUT2D eigenvalue weighted by atomic mass is 35.5. The summed E-state index contributed by atoms with van der Waals surface area (Å²) < 4.78 is 18.3. The Morgan fingerprint density at radius 3 is 2.26 bits per heavy atom. The quantitative estimate of drug-likeness (QED) is 0.238. The Labute approximate surface area is 254 Å². The molecule has 0 bridgehead atoms. The predicted octanol–water partition coefficient (Wildman–Crippen LogP) is 6.19. The Hall–Kier alpha value is -4.24. The van der Waals surface area contributed by atoms with Crippen molar-refractivity contribution in [2.24, 2.45) is 7.05 Å². The SMILES string of the molecule is Cc1ncn(C)c1-c1ccc(NC(=O)[C@@H](NC(=O)C2(F)CC2)C(C)c2cc(-c3ccc(=O)n(C(C)C)c3)ccc2Cl)cc1. The second kappa shape index (κ2) is 11.8. The number of anilines is 1. The molecule has 1 fully saturated rings. The summed E-state index contributed by atoms with van der Waals surface area (Å²) in [5.74, 6) is -1.92. The van der Waals surface area contributed by atoms with Gasteiger partial charge < -0.3 is 19.8 Å². The van der Waals surface area contributed by atoms with Gasteiger partial charge in [0.1, 0.15) is 6.04 Å². The lowest BCUT2D eigenvalue weighted by molar-refractivity contribution is -0.131. The Bertz CT molecular complexity index is 1720. The van der Waals surface area contributed by atoms with Crippen molar-refractivity contribution in [1.29, 1.82) is 0 Å². The number of rotatable bonds is 9. The molecule has 5 rings (SSSR count). The maximum atomic E-state index is 14.7. The lowest BCUT2D eigenvalue weighted by Crippen LogP contribution is -2.50. The average Bonchev–Trinajstić information content (AvgIpc) is 3.65. The van der Waals surface area contributed by atoms with Crippen molar-refractivity contribution in [3.63, 3.8) is 0 Å². The van der Waals surface area contributed by atoms with E-state index in [2.05, 4.69) is 15.6 Å². The number of carbonyl (C=O) groups is 2. The minimum atomic E-state index is -1.96. The predicted molar refractivity (Wildman–Crippen MR) is 167 cm³/mol. The molecule has 0 aliphatic heterocycles. The fraction of sp³-hybridized carbons (Fsp3) is 0.333. The molecule has 10 heteroatoms. The van der Waals surface area contributed by atoms with Crippen LogP contribution in [0.5, 0.6) is 0 Å². The normalized spacial score (nSPS) is 15.2. The Morgan fingerprint density at radius 1 is 1.00 bits per heavy atom. The summed E-state index contributed by atoms with van der Waals surface area (Å²) in [6.07, 6.45) is 3.78. The molecule has 2 aromatic heterocycles. The van der Waals surface area contributed by atoms with Crippen molar-refractivity contribution in [1.82, 2.24) is 19.4 Å². The van der Waals surface area contributed by atoms with Crippen molar-refractivity contribution in [2.75, 3.05) is 5.32 Å². The number of carbonyl (C=O) groups excluding carboxylic acids is 2. The van der Waals surface area contributed by atoms with Gasteiger partial charge >= 0.3 is 0 Å². The van der Waals surface area contributed by atoms with Crippen LogP contribution in [0.4, 0.5) is 10.1 Å². The molecule has 2 amide bonds. The van der Waals surface area contributed by atoms with E-state index in [1.165, 1.54) is 6.07 Å². The van der Waals surface area contributed by atoms with Crippen molar-refractivity contribution < 1.29 is 14.0 Å². The molecule has 2 heterocycles. The summed E-state index contributed by atoms with van der Waals surface area (Å²) in [5, 5.41) is 5.95. The third-order valence-corrected chi connectivity index (χ3v) is 8.37. The van der Waals surface area contributed by atoms with Gasteiger partial charge in [-0.3, -0.25) is 14.4 Å². The van der Waals surface area contributed by atoms with Crippen molar-refractivity contribution >= 4 is 29.1 Å². The lowest BCUT2D eigenvalue weighted by atomic mass is 9.90. The zero-order valence-electron chi connectivity index (χ0n) is 24.8. The number of imidazole rings is 1. The highest BCUT2D eigenvalue weighted by Crippen LogP contribution is 2.40. The van der Waals surface area contributed by atoms with E-state index < -0.39 is 29.4 Å². The number of nitrogens with zero attached hydrogens (tertiary/aromatic N) is 3.